The van der Waals surface area contributed by atoms with Crippen molar-refractivity contribution < 1.29 is 31.1 Å². The van der Waals surface area contributed by atoms with Crippen molar-refractivity contribution in [2.24, 2.45) is 5.41 Å². The van der Waals surface area contributed by atoms with Gasteiger partial charge >= 0.3 is 12.4 Å². The Bertz CT molecular complexity index is 652. The van der Waals surface area contributed by atoms with E-state index in [1.807, 2.05) is 0 Å². The molecule has 2 aliphatic carbocycles. The van der Waals surface area contributed by atoms with Crippen LogP contribution < -0.4 is 5.32 Å². The van der Waals surface area contributed by atoms with Gasteiger partial charge in [0.1, 0.15) is 5.41 Å². The lowest BCUT2D eigenvalue weighted by atomic mass is 9.74. The molecule has 0 bridgehead atoms. The molecule has 0 radical (unpaired) electrons. The number of halogens is 6. The number of hydrogen-bond acceptors (Lipinski definition) is 1. The first-order valence-electron chi connectivity index (χ1n) is 8.58. The summed E-state index contributed by atoms with van der Waals surface area (Å²) in [5.41, 5.74) is -2.32. The van der Waals surface area contributed by atoms with E-state index in [1.165, 1.54) is 12.1 Å². The SMILES string of the molecule is O=C(NC1CC(c2ccc(C(F)(F)F)cc2)C1)C1(C(F)(F)F)CCCC1. The highest BCUT2D eigenvalue weighted by atomic mass is 19.4. The fourth-order valence-corrected chi connectivity index (χ4v) is 3.89. The van der Waals surface area contributed by atoms with E-state index in [2.05, 4.69) is 5.32 Å². The van der Waals surface area contributed by atoms with Gasteiger partial charge in [0.25, 0.3) is 0 Å². The quantitative estimate of drug-likeness (QED) is 0.720. The molecule has 1 amide bonds. The third kappa shape index (κ3) is 3.42. The molecular formula is C18H19F6NO. The summed E-state index contributed by atoms with van der Waals surface area (Å²) in [5.74, 6) is -1.01. The Labute approximate surface area is 147 Å². The standard InChI is InChI=1S/C18H19F6NO/c19-17(20,21)13-5-3-11(4-6-13)12-9-14(10-12)25-15(26)16(18(22,23)24)7-1-2-8-16/h3-6,12,14H,1-2,7-10H2,(H,25,26). The first-order valence-corrected chi connectivity index (χ1v) is 8.58. The summed E-state index contributed by atoms with van der Waals surface area (Å²) in [5, 5.41) is 2.50. The van der Waals surface area contributed by atoms with E-state index in [9.17, 15) is 31.1 Å². The molecule has 0 atom stereocenters. The topological polar surface area (TPSA) is 29.1 Å². The Morgan fingerprint density at radius 1 is 0.962 bits per heavy atom. The maximum atomic E-state index is 13.4. The van der Waals surface area contributed by atoms with Crippen LogP contribution in [0.2, 0.25) is 0 Å². The van der Waals surface area contributed by atoms with Crippen molar-refractivity contribution in [2.75, 3.05) is 0 Å². The van der Waals surface area contributed by atoms with Gasteiger partial charge in [-0.2, -0.15) is 26.3 Å². The van der Waals surface area contributed by atoms with E-state index >= 15 is 0 Å². The molecule has 2 fully saturated rings. The Morgan fingerprint density at radius 2 is 1.50 bits per heavy atom. The predicted molar refractivity (Wildman–Crippen MR) is 82.3 cm³/mol. The number of amides is 1. The zero-order valence-electron chi connectivity index (χ0n) is 13.9. The van der Waals surface area contributed by atoms with Crippen LogP contribution in [0.25, 0.3) is 0 Å². The van der Waals surface area contributed by atoms with Crippen LogP contribution in [0.3, 0.4) is 0 Å². The summed E-state index contributed by atoms with van der Waals surface area (Å²) < 4.78 is 77.8. The van der Waals surface area contributed by atoms with Crippen LogP contribution in [0.4, 0.5) is 26.3 Å². The molecule has 1 aromatic carbocycles. The van der Waals surface area contributed by atoms with Gasteiger partial charge < -0.3 is 5.32 Å². The number of benzene rings is 1. The lowest BCUT2D eigenvalue weighted by Crippen LogP contribution is -2.54. The number of nitrogens with one attached hydrogen (secondary N) is 1. The molecule has 26 heavy (non-hydrogen) atoms. The van der Waals surface area contributed by atoms with Crippen molar-refractivity contribution in [1.29, 1.82) is 0 Å². The van der Waals surface area contributed by atoms with Crippen LogP contribution in [-0.2, 0) is 11.0 Å². The molecule has 8 heteroatoms. The Kier molecular flexibility index (Phi) is 4.73. The average molecular weight is 379 g/mol. The van der Waals surface area contributed by atoms with Crippen LogP contribution in [0.15, 0.2) is 24.3 Å². The molecule has 2 aliphatic rings. The van der Waals surface area contributed by atoms with Crippen LogP contribution in [0.1, 0.15) is 55.6 Å². The molecule has 1 N–H and O–H groups in total. The number of hydrogen-bond donors (Lipinski definition) is 1. The number of carbonyl (C=O) groups excluding carboxylic acids is 1. The van der Waals surface area contributed by atoms with E-state index in [0.29, 0.717) is 31.2 Å². The number of alkyl halides is 6. The van der Waals surface area contributed by atoms with Gasteiger partial charge in [0.15, 0.2) is 0 Å². The van der Waals surface area contributed by atoms with Gasteiger partial charge in [-0.25, -0.2) is 0 Å². The monoisotopic (exact) mass is 379 g/mol. The van der Waals surface area contributed by atoms with Crippen LogP contribution in [0.5, 0.6) is 0 Å². The van der Waals surface area contributed by atoms with Gasteiger partial charge in [0, 0.05) is 6.04 Å². The fourth-order valence-electron chi connectivity index (χ4n) is 3.89. The van der Waals surface area contributed by atoms with Crippen LogP contribution >= 0.6 is 0 Å². The Balaban J connectivity index is 1.58. The summed E-state index contributed by atoms with van der Waals surface area (Å²) >= 11 is 0. The van der Waals surface area contributed by atoms with Gasteiger partial charge in [-0.05, 0) is 49.3 Å². The van der Waals surface area contributed by atoms with Crippen LogP contribution in [0, 0.1) is 5.41 Å². The average Bonchev–Trinajstić information content (AvgIpc) is 3.00. The molecule has 0 aliphatic heterocycles. The molecule has 0 unspecified atom stereocenters. The summed E-state index contributed by atoms with van der Waals surface area (Å²) in [6.45, 7) is 0. The number of carbonyl (C=O) groups is 1. The summed E-state index contributed by atoms with van der Waals surface area (Å²) in [4.78, 5) is 12.3. The Morgan fingerprint density at radius 3 is 1.96 bits per heavy atom. The highest BCUT2D eigenvalue weighted by molar-refractivity contribution is 5.84. The first-order chi connectivity index (χ1) is 12.0. The zero-order valence-corrected chi connectivity index (χ0v) is 13.9. The largest absolute Gasteiger partial charge is 0.416 e. The normalized spacial score (nSPS) is 25.6. The molecule has 2 nitrogen and oxygen atoms in total. The molecular weight excluding hydrogens is 360 g/mol. The minimum Gasteiger partial charge on any atom is -0.353 e. The first kappa shape index (κ1) is 19.0. The molecule has 144 valence electrons. The highest BCUT2D eigenvalue weighted by Crippen LogP contribution is 2.51. The summed E-state index contributed by atoms with van der Waals surface area (Å²) in [6.07, 6.45) is -7.70. The van der Waals surface area contributed by atoms with E-state index < -0.39 is 29.2 Å². The molecule has 3 rings (SSSR count). The maximum absolute atomic E-state index is 13.4. The lowest BCUT2D eigenvalue weighted by molar-refractivity contribution is -0.220. The van der Waals surface area contributed by atoms with Crippen molar-refractivity contribution >= 4 is 5.91 Å². The molecule has 0 heterocycles. The minimum atomic E-state index is -4.57. The van der Waals surface area contributed by atoms with Crippen molar-refractivity contribution in [3.63, 3.8) is 0 Å². The van der Waals surface area contributed by atoms with Crippen molar-refractivity contribution in [3.8, 4) is 0 Å². The second-order valence-corrected chi connectivity index (χ2v) is 7.25. The molecule has 2 saturated carbocycles. The lowest BCUT2D eigenvalue weighted by Gasteiger charge is -2.39. The summed E-state index contributed by atoms with van der Waals surface area (Å²) in [6, 6.07) is 4.41. The van der Waals surface area contributed by atoms with Crippen molar-refractivity contribution in [3.05, 3.63) is 35.4 Å². The molecule has 0 saturated heterocycles. The molecule has 0 spiro atoms. The smallest absolute Gasteiger partial charge is 0.353 e. The molecule has 1 aromatic rings. The third-order valence-electron chi connectivity index (χ3n) is 5.62. The second kappa shape index (κ2) is 6.46. The van der Waals surface area contributed by atoms with Crippen molar-refractivity contribution in [1.82, 2.24) is 5.32 Å². The van der Waals surface area contributed by atoms with Gasteiger partial charge in [-0.3, -0.25) is 4.79 Å². The highest BCUT2D eigenvalue weighted by Gasteiger charge is 2.61. The van der Waals surface area contributed by atoms with Crippen LogP contribution in [-0.4, -0.2) is 18.1 Å². The zero-order chi connectivity index (χ0) is 19.2. The van der Waals surface area contributed by atoms with E-state index in [1.54, 1.807) is 0 Å². The summed E-state index contributed by atoms with van der Waals surface area (Å²) in [7, 11) is 0. The van der Waals surface area contributed by atoms with Gasteiger partial charge in [0.05, 0.1) is 5.56 Å². The van der Waals surface area contributed by atoms with Gasteiger partial charge in [0.2, 0.25) is 5.91 Å². The van der Waals surface area contributed by atoms with E-state index in [4.69, 9.17) is 0 Å². The van der Waals surface area contributed by atoms with E-state index in [0.717, 1.165) is 12.1 Å². The fraction of sp³-hybridized carbons (Fsp3) is 0.611. The van der Waals surface area contributed by atoms with Crippen molar-refractivity contribution in [2.45, 2.75) is 62.8 Å². The maximum Gasteiger partial charge on any atom is 0.416 e. The minimum absolute atomic E-state index is 0.0481. The third-order valence-corrected chi connectivity index (χ3v) is 5.62. The number of rotatable bonds is 3. The molecule has 0 aromatic heterocycles. The van der Waals surface area contributed by atoms with E-state index in [-0.39, 0.29) is 24.8 Å². The van der Waals surface area contributed by atoms with Gasteiger partial charge in [-0.1, -0.05) is 25.0 Å². The van der Waals surface area contributed by atoms with Gasteiger partial charge in [-0.15, -0.1) is 0 Å². The predicted octanol–water partition coefficient (Wildman–Crippen LogP) is 5.19. The second-order valence-electron chi connectivity index (χ2n) is 7.25. The Hall–Kier alpha value is -1.73.